The lowest BCUT2D eigenvalue weighted by Gasteiger charge is -2.34. The van der Waals surface area contributed by atoms with Crippen LogP contribution in [-0.4, -0.2) is 73.5 Å². The van der Waals surface area contributed by atoms with Gasteiger partial charge in [0.1, 0.15) is 11.4 Å². The second-order valence-corrected chi connectivity index (χ2v) is 15.7. The molecule has 2 aliphatic heterocycles. The number of piperidine rings is 2. The van der Waals surface area contributed by atoms with Gasteiger partial charge in [0.15, 0.2) is 0 Å². The topological polar surface area (TPSA) is 140 Å². The molecule has 0 aromatic heterocycles. The van der Waals surface area contributed by atoms with E-state index < -0.39 is 20.0 Å². The molecule has 4 unspecified atom stereocenters. The quantitative estimate of drug-likeness (QED) is 0.351. The molecule has 40 heavy (non-hydrogen) atoms. The molecule has 2 heterocycles. The van der Waals surface area contributed by atoms with E-state index in [1.54, 1.807) is 0 Å². The molecular weight excluding hydrogens is 552 g/mol. The number of nitrogens with zero attached hydrogens (tertiary/aromatic N) is 4. The van der Waals surface area contributed by atoms with Crippen molar-refractivity contribution in [2.24, 2.45) is 34.0 Å². The van der Waals surface area contributed by atoms with Crippen LogP contribution in [0.25, 0.3) is 0 Å². The first-order valence-corrected chi connectivity index (χ1v) is 16.5. The summed E-state index contributed by atoms with van der Waals surface area (Å²) in [6.45, 7) is 9.80. The summed E-state index contributed by atoms with van der Waals surface area (Å²) in [4.78, 5) is 0.0870. The smallest absolute Gasteiger partial charge is 0.243 e. The molecule has 2 fully saturated rings. The zero-order chi connectivity index (χ0) is 29.0. The lowest BCUT2D eigenvalue weighted by atomic mass is 9.83. The molecule has 5 rings (SSSR count). The Balaban J connectivity index is 1.56. The minimum absolute atomic E-state index is 0.0435. The number of benzene rings is 2. The summed E-state index contributed by atoms with van der Waals surface area (Å²) in [5.41, 5.74) is 1.35. The lowest BCUT2D eigenvalue weighted by Crippen LogP contribution is -2.42. The summed E-state index contributed by atoms with van der Waals surface area (Å²) < 4.78 is 57.3. The van der Waals surface area contributed by atoms with E-state index in [1.807, 2.05) is 27.7 Å². The zero-order valence-corrected chi connectivity index (χ0v) is 24.8. The molecule has 2 N–H and O–H groups in total. The first kappa shape index (κ1) is 28.7. The molecule has 1 aliphatic carbocycles. The summed E-state index contributed by atoms with van der Waals surface area (Å²) in [6.07, 6.45) is 1.91. The Bertz CT molecular complexity index is 1460. The predicted molar refractivity (Wildman–Crippen MR) is 151 cm³/mol. The van der Waals surface area contributed by atoms with Crippen molar-refractivity contribution in [3.05, 3.63) is 58.7 Å². The third-order valence-corrected chi connectivity index (χ3v) is 11.8. The van der Waals surface area contributed by atoms with Gasteiger partial charge in [-0.15, -0.1) is 0 Å². The average Bonchev–Trinajstić information content (AvgIpc) is 2.89. The number of sulfonamides is 2. The van der Waals surface area contributed by atoms with Gasteiger partial charge in [0.25, 0.3) is 0 Å². The average molecular weight is 589 g/mol. The van der Waals surface area contributed by atoms with Crippen LogP contribution in [0.4, 0.5) is 0 Å². The fourth-order valence-corrected chi connectivity index (χ4v) is 9.99. The highest BCUT2D eigenvalue weighted by Gasteiger charge is 2.36. The Morgan fingerprint density at radius 2 is 0.925 bits per heavy atom. The van der Waals surface area contributed by atoms with Gasteiger partial charge in [0.05, 0.1) is 9.79 Å². The third-order valence-electron chi connectivity index (χ3n) is 8.15. The molecule has 0 amide bonds. The zero-order valence-electron chi connectivity index (χ0n) is 23.1. The number of fused-ring (bicyclic) bond motifs is 2. The molecule has 0 saturated carbocycles. The van der Waals surface area contributed by atoms with Crippen molar-refractivity contribution in [3.8, 4) is 0 Å². The van der Waals surface area contributed by atoms with Gasteiger partial charge in [-0.1, -0.05) is 50.1 Å². The van der Waals surface area contributed by atoms with Crippen LogP contribution in [0, 0.1) is 23.7 Å². The standard InChI is InChI=1S/C28H36N4O6S2/c1-17-9-18(2)14-31(13-17)39(35,36)21-5-7-23-25(11-21)27(29-33)24-8-6-22(12-26(24)28(23)30-34)40(37,38)32-15-19(3)10-20(4)16-32/h5-8,11-12,17-20,33-34H,9-10,13-16H2,1-4H3/b29-27+,30-28+. The van der Waals surface area contributed by atoms with Crippen molar-refractivity contribution >= 4 is 31.5 Å². The van der Waals surface area contributed by atoms with Crippen LogP contribution in [0.5, 0.6) is 0 Å². The first-order valence-electron chi connectivity index (χ1n) is 13.6. The summed E-state index contributed by atoms with van der Waals surface area (Å²) in [7, 11) is -7.67. The number of hydrogen-bond acceptors (Lipinski definition) is 8. The van der Waals surface area contributed by atoms with E-state index in [1.165, 1.54) is 45.0 Å². The largest absolute Gasteiger partial charge is 0.410 e. The van der Waals surface area contributed by atoms with E-state index in [2.05, 4.69) is 10.3 Å². The van der Waals surface area contributed by atoms with E-state index in [4.69, 9.17) is 0 Å². The molecular formula is C28H36N4O6S2. The molecule has 2 saturated heterocycles. The second kappa shape index (κ2) is 10.6. The van der Waals surface area contributed by atoms with Crippen LogP contribution in [0.2, 0.25) is 0 Å². The molecule has 10 nitrogen and oxygen atoms in total. The van der Waals surface area contributed by atoms with Gasteiger partial charge in [-0.2, -0.15) is 8.61 Å². The molecule has 2 aromatic rings. The summed E-state index contributed by atoms with van der Waals surface area (Å²) >= 11 is 0. The minimum atomic E-state index is -3.83. The van der Waals surface area contributed by atoms with Crippen molar-refractivity contribution in [1.82, 2.24) is 8.61 Å². The number of rotatable bonds is 4. The van der Waals surface area contributed by atoms with Crippen molar-refractivity contribution in [3.63, 3.8) is 0 Å². The van der Waals surface area contributed by atoms with E-state index in [9.17, 15) is 27.3 Å². The predicted octanol–water partition coefficient (Wildman–Crippen LogP) is 3.79. The van der Waals surface area contributed by atoms with Crippen LogP contribution >= 0.6 is 0 Å². The molecule has 4 atom stereocenters. The van der Waals surface area contributed by atoms with Crippen LogP contribution in [0.1, 0.15) is 62.8 Å². The molecule has 3 aliphatic rings. The Morgan fingerprint density at radius 3 is 1.23 bits per heavy atom. The van der Waals surface area contributed by atoms with Gasteiger partial charge in [0, 0.05) is 48.4 Å². The van der Waals surface area contributed by atoms with Gasteiger partial charge in [-0.3, -0.25) is 0 Å². The first-order chi connectivity index (χ1) is 18.9. The van der Waals surface area contributed by atoms with E-state index in [-0.39, 0.29) is 56.0 Å². The maximum absolute atomic E-state index is 13.6. The molecule has 0 radical (unpaired) electrons. The van der Waals surface area contributed by atoms with E-state index in [0.717, 1.165) is 12.8 Å². The highest BCUT2D eigenvalue weighted by atomic mass is 32.2. The van der Waals surface area contributed by atoms with Gasteiger partial charge in [-0.25, -0.2) is 16.8 Å². The second-order valence-electron chi connectivity index (χ2n) is 11.8. The SMILES string of the molecule is CC1CC(C)CN(S(=O)(=O)c2ccc3c(c2)/C(=N/O)c2ccc(S(=O)(=O)N4CC(C)CC(C)C4)cc2/C3=N/O)C1. The van der Waals surface area contributed by atoms with Gasteiger partial charge < -0.3 is 10.4 Å². The summed E-state index contributed by atoms with van der Waals surface area (Å²) in [6, 6.07) is 8.77. The summed E-state index contributed by atoms with van der Waals surface area (Å²) in [5, 5.41) is 27.0. The fourth-order valence-electron chi connectivity index (χ4n) is 6.58. The minimum Gasteiger partial charge on any atom is -0.410 e. The maximum atomic E-state index is 13.6. The summed E-state index contributed by atoms with van der Waals surface area (Å²) in [5.74, 6) is 0.917. The molecule has 216 valence electrons. The highest BCUT2D eigenvalue weighted by Crippen LogP contribution is 2.35. The van der Waals surface area contributed by atoms with Crippen molar-refractivity contribution in [2.45, 2.75) is 50.3 Å². The maximum Gasteiger partial charge on any atom is 0.243 e. The Morgan fingerprint density at radius 1 is 0.600 bits per heavy atom. The number of hydrogen-bond donors (Lipinski definition) is 2. The molecule has 0 spiro atoms. The fraction of sp³-hybridized carbons (Fsp3) is 0.500. The Kier molecular flexibility index (Phi) is 7.58. The monoisotopic (exact) mass is 588 g/mol. The normalized spacial score (nSPS) is 28.4. The van der Waals surface area contributed by atoms with Gasteiger partial charge >= 0.3 is 0 Å². The lowest BCUT2D eigenvalue weighted by molar-refractivity contribution is 0.222. The van der Waals surface area contributed by atoms with E-state index >= 15 is 0 Å². The molecule has 2 aromatic carbocycles. The highest BCUT2D eigenvalue weighted by molar-refractivity contribution is 7.89. The van der Waals surface area contributed by atoms with Crippen LogP contribution in [0.3, 0.4) is 0 Å². The molecule has 0 bridgehead atoms. The van der Waals surface area contributed by atoms with Crippen molar-refractivity contribution in [2.75, 3.05) is 26.2 Å². The van der Waals surface area contributed by atoms with Crippen LogP contribution < -0.4 is 0 Å². The van der Waals surface area contributed by atoms with Gasteiger partial charge in [-0.05, 0) is 60.8 Å². The Labute approximate surface area is 236 Å². The van der Waals surface area contributed by atoms with Gasteiger partial charge in [0.2, 0.25) is 20.0 Å². The van der Waals surface area contributed by atoms with Crippen molar-refractivity contribution < 1.29 is 27.3 Å². The number of oxime groups is 2. The van der Waals surface area contributed by atoms with Crippen molar-refractivity contribution in [1.29, 1.82) is 0 Å². The van der Waals surface area contributed by atoms with E-state index in [0.29, 0.717) is 37.3 Å². The van der Waals surface area contributed by atoms with Crippen LogP contribution in [0.15, 0.2) is 56.5 Å². The third kappa shape index (κ3) is 4.95. The van der Waals surface area contributed by atoms with Crippen LogP contribution in [-0.2, 0) is 20.0 Å². The molecule has 12 heteroatoms. The Hall–Kier alpha value is -2.80.